The van der Waals surface area contributed by atoms with E-state index in [0.717, 1.165) is 44.6 Å². The van der Waals surface area contributed by atoms with E-state index in [-0.39, 0.29) is 0 Å². The Balaban J connectivity index is 1.61. The highest BCUT2D eigenvalue weighted by Gasteiger charge is 2.16. The number of aromatic nitrogens is 2. The number of likely N-dealkylation sites (tertiary alicyclic amines) is 1. The van der Waals surface area contributed by atoms with Crippen molar-refractivity contribution in [1.82, 2.24) is 25.3 Å². The van der Waals surface area contributed by atoms with Crippen LogP contribution in [-0.4, -0.2) is 59.4 Å². The standard InChI is InChI=1S/C18H34N6/c1-3-19-18(21-11-7-15-24-16-8-12-22-24)20-10-6-14-23-13-5-4-9-17(23)2/h8,12,16-17H,3-7,9-11,13-15H2,1-2H3,(H2,19,20,21). The van der Waals surface area contributed by atoms with E-state index < -0.39 is 0 Å². The summed E-state index contributed by atoms with van der Waals surface area (Å²) < 4.78 is 1.95. The number of aryl methyl sites for hydroxylation is 1. The first-order valence-corrected chi connectivity index (χ1v) is 9.53. The molecular weight excluding hydrogens is 300 g/mol. The van der Waals surface area contributed by atoms with Crippen molar-refractivity contribution < 1.29 is 0 Å². The number of nitrogens with zero attached hydrogens (tertiary/aromatic N) is 4. The summed E-state index contributed by atoms with van der Waals surface area (Å²) in [5.74, 6) is 0.935. The molecule has 0 saturated carbocycles. The minimum atomic E-state index is 0.753. The van der Waals surface area contributed by atoms with Crippen molar-refractivity contribution in [3.8, 4) is 0 Å². The summed E-state index contributed by atoms with van der Waals surface area (Å²) in [5.41, 5.74) is 0. The molecule has 2 heterocycles. The Morgan fingerprint density at radius 2 is 2.17 bits per heavy atom. The highest BCUT2D eigenvalue weighted by atomic mass is 15.3. The molecule has 1 aromatic rings. The molecule has 0 spiro atoms. The van der Waals surface area contributed by atoms with Crippen molar-refractivity contribution in [2.75, 3.05) is 32.7 Å². The lowest BCUT2D eigenvalue weighted by Gasteiger charge is -2.33. The number of aliphatic imine (C=N–C) groups is 1. The van der Waals surface area contributed by atoms with Gasteiger partial charge in [-0.3, -0.25) is 9.67 Å². The maximum Gasteiger partial charge on any atom is 0.191 e. The third kappa shape index (κ3) is 6.91. The van der Waals surface area contributed by atoms with Gasteiger partial charge in [-0.15, -0.1) is 0 Å². The molecule has 0 aliphatic carbocycles. The molecule has 0 radical (unpaired) electrons. The fraction of sp³-hybridized carbons (Fsp3) is 0.778. The zero-order chi connectivity index (χ0) is 17.0. The van der Waals surface area contributed by atoms with Gasteiger partial charge in [0.2, 0.25) is 0 Å². The van der Waals surface area contributed by atoms with Gasteiger partial charge in [0.25, 0.3) is 0 Å². The van der Waals surface area contributed by atoms with Crippen LogP contribution >= 0.6 is 0 Å². The van der Waals surface area contributed by atoms with Crippen LogP contribution in [0.3, 0.4) is 0 Å². The van der Waals surface area contributed by atoms with Crippen molar-refractivity contribution in [1.29, 1.82) is 0 Å². The number of hydrogen-bond acceptors (Lipinski definition) is 3. The van der Waals surface area contributed by atoms with Crippen molar-refractivity contribution >= 4 is 5.96 Å². The quantitative estimate of drug-likeness (QED) is 0.412. The maximum atomic E-state index is 4.65. The summed E-state index contributed by atoms with van der Waals surface area (Å²) in [5, 5.41) is 11.0. The highest BCUT2D eigenvalue weighted by molar-refractivity contribution is 5.79. The van der Waals surface area contributed by atoms with E-state index in [2.05, 4.69) is 39.5 Å². The third-order valence-corrected chi connectivity index (χ3v) is 4.57. The van der Waals surface area contributed by atoms with E-state index in [9.17, 15) is 0 Å². The summed E-state index contributed by atoms with van der Waals surface area (Å²) in [4.78, 5) is 7.28. The number of guanidine groups is 1. The predicted molar refractivity (Wildman–Crippen MR) is 100 cm³/mol. The van der Waals surface area contributed by atoms with Gasteiger partial charge in [-0.2, -0.15) is 5.10 Å². The number of rotatable bonds is 9. The van der Waals surface area contributed by atoms with Crippen LogP contribution in [0.1, 0.15) is 46.0 Å². The first kappa shape index (κ1) is 18.8. The van der Waals surface area contributed by atoms with Crippen LogP contribution in [-0.2, 0) is 6.54 Å². The number of nitrogens with one attached hydrogen (secondary N) is 2. The van der Waals surface area contributed by atoms with Gasteiger partial charge in [0.05, 0.1) is 0 Å². The maximum absolute atomic E-state index is 4.65. The van der Waals surface area contributed by atoms with E-state index in [4.69, 9.17) is 0 Å². The van der Waals surface area contributed by atoms with Crippen LogP contribution in [0.4, 0.5) is 0 Å². The Labute approximate surface area is 146 Å². The van der Waals surface area contributed by atoms with Crippen molar-refractivity contribution in [3.05, 3.63) is 18.5 Å². The SMILES string of the molecule is CCNC(=NCCCn1cccn1)NCCCN1CCCCC1C. The average Bonchev–Trinajstić information content (AvgIpc) is 3.10. The van der Waals surface area contributed by atoms with Gasteiger partial charge in [0.1, 0.15) is 0 Å². The van der Waals surface area contributed by atoms with Crippen LogP contribution in [0, 0.1) is 0 Å². The molecule has 0 aromatic carbocycles. The smallest absolute Gasteiger partial charge is 0.191 e. The minimum absolute atomic E-state index is 0.753. The Morgan fingerprint density at radius 1 is 1.25 bits per heavy atom. The zero-order valence-corrected chi connectivity index (χ0v) is 15.4. The van der Waals surface area contributed by atoms with Crippen molar-refractivity contribution in [3.63, 3.8) is 0 Å². The van der Waals surface area contributed by atoms with Gasteiger partial charge in [-0.25, -0.2) is 0 Å². The molecule has 2 rings (SSSR count). The molecule has 2 N–H and O–H groups in total. The van der Waals surface area contributed by atoms with Crippen LogP contribution in [0.15, 0.2) is 23.5 Å². The molecule has 6 heteroatoms. The van der Waals surface area contributed by atoms with Gasteiger partial charge in [-0.05, 0) is 52.1 Å². The molecule has 24 heavy (non-hydrogen) atoms. The number of hydrogen-bond donors (Lipinski definition) is 2. The van der Waals surface area contributed by atoms with Gasteiger partial charge >= 0.3 is 0 Å². The fourth-order valence-corrected chi connectivity index (χ4v) is 3.18. The normalized spacial score (nSPS) is 19.4. The van der Waals surface area contributed by atoms with Gasteiger partial charge in [0.15, 0.2) is 5.96 Å². The first-order chi connectivity index (χ1) is 11.8. The number of piperidine rings is 1. The topological polar surface area (TPSA) is 57.5 Å². The van der Waals surface area contributed by atoms with E-state index in [1.54, 1.807) is 0 Å². The molecule has 1 unspecified atom stereocenters. The molecule has 1 atom stereocenters. The van der Waals surface area contributed by atoms with Crippen molar-refractivity contribution in [2.24, 2.45) is 4.99 Å². The Kier molecular flexibility index (Phi) is 8.66. The molecule has 0 bridgehead atoms. The average molecular weight is 335 g/mol. The van der Waals surface area contributed by atoms with Gasteiger partial charge in [0, 0.05) is 51.2 Å². The second kappa shape index (κ2) is 11.1. The van der Waals surface area contributed by atoms with Crippen LogP contribution < -0.4 is 10.6 Å². The molecule has 1 aromatic heterocycles. The molecular formula is C18H34N6. The Morgan fingerprint density at radius 3 is 2.92 bits per heavy atom. The van der Waals surface area contributed by atoms with E-state index in [1.165, 1.54) is 38.8 Å². The molecule has 1 saturated heterocycles. The van der Waals surface area contributed by atoms with Crippen LogP contribution in [0.5, 0.6) is 0 Å². The molecule has 136 valence electrons. The van der Waals surface area contributed by atoms with E-state index in [0.29, 0.717) is 0 Å². The predicted octanol–water partition coefficient (Wildman–Crippen LogP) is 2.09. The lowest BCUT2D eigenvalue weighted by atomic mass is 10.0. The van der Waals surface area contributed by atoms with Crippen molar-refractivity contribution in [2.45, 2.75) is 58.5 Å². The Bertz CT molecular complexity index is 456. The largest absolute Gasteiger partial charge is 0.357 e. The molecule has 6 nitrogen and oxygen atoms in total. The summed E-state index contributed by atoms with van der Waals surface area (Å²) >= 11 is 0. The lowest BCUT2D eigenvalue weighted by Crippen LogP contribution is -2.41. The van der Waals surface area contributed by atoms with Gasteiger partial charge in [-0.1, -0.05) is 6.42 Å². The van der Waals surface area contributed by atoms with E-state index >= 15 is 0 Å². The second-order valence-electron chi connectivity index (χ2n) is 6.54. The molecule has 1 aliphatic heterocycles. The minimum Gasteiger partial charge on any atom is -0.357 e. The monoisotopic (exact) mass is 334 g/mol. The van der Waals surface area contributed by atoms with Gasteiger partial charge < -0.3 is 15.5 Å². The first-order valence-electron chi connectivity index (χ1n) is 9.53. The fourth-order valence-electron chi connectivity index (χ4n) is 3.18. The van der Waals surface area contributed by atoms with Crippen LogP contribution in [0.2, 0.25) is 0 Å². The second-order valence-corrected chi connectivity index (χ2v) is 6.54. The Hall–Kier alpha value is -1.56. The summed E-state index contributed by atoms with van der Waals surface area (Å²) in [7, 11) is 0. The summed E-state index contributed by atoms with van der Waals surface area (Å²) in [6.07, 6.45) is 10.1. The molecule has 1 fully saturated rings. The summed E-state index contributed by atoms with van der Waals surface area (Å²) in [6.45, 7) is 10.5. The lowest BCUT2D eigenvalue weighted by molar-refractivity contribution is 0.159. The molecule has 0 amide bonds. The van der Waals surface area contributed by atoms with E-state index in [1.807, 2.05) is 23.1 Å². The van der Waals surface area contributed by atoms with Crippen LogP contribution in [0.25, 0.3) is 0 Å². The highest BCUT2D eigenvalue weighted by Crippen LogP contribution is 2.15. The zero-order valence-electron chi connectivity index (χ0n) is 15.4. The molecule has 1 aliphatic rings. The summed E-state index contributed by atoms with van der Waals surface area (Å²) in [6, 6.07) is 2.71. The third-order valence-electron chi connectivity index (χ3n) is 4.57.